The SMILES string of the molecule is CC(NC=O)c1nc2ccc(F)cc2c(NCCS(C)(=O)=O)c1-c1ccccc1. The number of amides is 1. The van der Waals surface area contributed by atoms with Crippen LogP contribution < -0.4 is 10.6 Å². The number of aromatic nitrogens is 1. The predicted octanol–water partition coefficient (Wildman–Crippen LogP) is 3.30. The van der Waals surface area contributed by atoms with Crippen LogP contribution in [0.1, 0.15) is 18.7 Å². The summed E-state index contributed by atoms with van der Waals surface area (Å²) in [7, 11) is -3.18. The molecule has 0 spiro atoms. The van der Waals surface area contributed by atoms with Crippen LogP contribution in [0, 0.1) is 5.82 Å². The minimum Gasteiger partial charge on any atom is -0.383 e. The van der Waals surface area contributed by atoms with Gasteiger partial charge in [0.1, 0.15) is 15.7 Å². The van der Waals surface area contributed by atoms with Crippen molar-refractivity contribution in [2.24, 2.45) is 0 Å². The van der Waals surface area contributed by atoms with Gasteiger partial charge in [-0.05, 0) is 30.7 Å². The molecule has 0 fully saturated rings. The van der Waals surface area contributed by atoms with Crippen molar-refractivity contribution in [3.63, 3.8) is 0 Å². The molecule has 0 aliphatic rings. The number of benzene rings is 2. The first-order chi connectivity index (χ1) is 13.8. The normalized spacial score (nSPS) is 12.5. The average molecular weight is 415 g/mol. The highest BCUT2D eigenvalue weighted by Gasteiger charge is 2.21. The van der Waals surface area contributed by atoms with E-state index in [4.69, 9.17) is 0 Å². The van der Waals surface area contributed by atoms with Crippen molar-refractivity contribution in [1.29, 1.82) is 0 Å². The number of anilines is 1. The molecule has 29 heavy (non-hydrogen) atoms. The van der Waals surface area contributed by atoms with Gasteiger partial charge < -0.3 is 10.6 Å². The Morgan fingerprint density at radius 3 is 2.55 bits per heavy atom. The Labute approximate surface area is 169 Å². The summed E-state index contributed by atoms with van der Waals surface area (Å²) >= 11 is 0. The second-order valence-electron chi connectivity index (χ2n) is 6.84. The Kier molecular flexibility index (Phi) is 6.12. The number of rotatable bonds is 8. The summed E-state index contributed by atoms with van der Waals surface area (Å²) < 4.78 is 37.2. The van der Waals surface area contributed by atoms with Crippen LogP contribution in [-0.4, -0.2) is 38.4 Å². The van der Waals surface area contributed by atoms with Gasteiger partial charge in [0, 0.05) is 23.8 Å². The zero-order chi connectivity index (χ0) is 21.0. The first-order valence-electron chi connectivity index (χ1n) is 9.10. The van der Waals surface area contributed by atoms with Crippen LogP contribution in [0.25, 0.3) is 22.0 Å². The average Bonchev–Trinajstić information content (AvgIpc) is 2.67. The maximum absolute atomic E-state index is 14.0. The molecular formula is C21H22FN3O3S. The Morgan fingerprint density at radius 2 is 1.90 bits per heavy atom. The van der Waals surface area contributed by atoms with Gasteiger partial charge in [-0.15, -0.1) is 0 Å². The van der Waals surface area contributed by atoms with E-state index in [0.29, 0.717) is 34.3 Å². The van der Waals surface area contributed by atoms with Gasteiger partial charge in [-0.1, -0.05) is 30.3 Å². The fourth-order valence-electron chi connectivity index (χ4n) is 3.19. The molecule has 1 heterocycles. The lowest BCUT2D eigenvalue weighted by Gasteiger charge is -2.22. The molecule has 0 aliphatic carbocycles. The summed E-state index contributed by atoms with van der Waals surface area (Å²) in [5.41, 5.74) is 3.24. The maximum atomic E-state index is 14.0. The highest BCUT2D eigenvalue weighted by atomic mass is 32.2. The van der Waals surface area contributed by atoms with Gasteiger partial charge in [0.05, 0.1) is 28.7 Å². The number of nitrogens with zero attached hydrogens (tertiary/aromatic N) is 1. The van der Waals surface area contributed by atoms with E-state index in [2.05, 4.69) is 15.6 Å². The summed E-state index contributed by atoms with van der Waals surface area (Å²) in [5.74, 6) is -0.492. The Balaban J connectivity index is 2.28. The third-order valence-corrected chi connectivity index (χ3v) is 5.49. The van der Waals surface area contributed by atoms with E-state index in [1.54, 1.807) is 13.0 Å². The molecule has 0 aliphatic heterocycles. The van der Waals surface area contributed by atoms with Crippen LogP contribution in [0.15, 0.2) is 48.5 Å². The van der Waals surface area contributed by atoms with E-state index < -0.39 is 21.7 Å². The van der Waals surface area contributed by atoms with E-state index in [-0.39, 0.29) is 12.3 Å². The third kappa shape index (κ3) is 4.89. The first-order valence-corrected chi connectivity index (χ1v) is 11.2. The molecule has 1 amide bonds. The summed E-state index contributed by atoms with van der Waals surface area (Å²) in [6.07, 6.45) is 1.77. The molecule has 1 atom stereocenters. The zero-order valence-corrected chi connectivity index (χ0v) is 17.0. The van der Waals surface area contributed by atoms with E-state index in [0.717, 1.165) is 5.56 Å². The number of hydrogen-bond donors (Lipinski definition) is 2. The molecule has 3 aromatic rings. The van der Waals surface area contributed by atoms with Crippen molar-refractivity contribution in [1.82, 2.24) is 10.3 Å². The lowest BCUT2D eigenvalue weighted by atomic mass is 9.95. The highest BCUT2D eigenvalue weighted by Crippen LogP contribution is 2.39. The molecule has 8 heteroatoms. The Hall–Kier alpha value is -3.00. The summed E-state index contributed by atoms with van der Waals surface area (Å²) in [4.78, 5) is 15.7. The minimum atomic E-state index is -3.18. The molecule has 2 N–H and O–H groups in total. The molecule has 3 rings (SSSR count). The molecule has 0 bridgehead atoms. The molecule has 1 unspecified atom stereocenters. The van der Waals surface area contributed by atoms with Crippen molar-refractivity contribution < 1.29 is 17.6 Å². The second kappa shape index (κ2) is 8.57. The van der Waals surface area contributed by atoms with Crippen LogP contribution >= 0.6 is 0 Å². The largest absolute Gasteiger partial charge is 0.383 e. The van der Waals surface area contributed by atoms with Gasteiger partial charge in [-0.3, -0.25) is 4.79 Å². The summed E-state index contributed by atoms with van der Waals surface area (Å²) in [6.45, 7) is 1.96. The molecule has 0 saturated carbocycles. The lowest BCUT2D eigenvalue weighted by molar-refractivity contribution is -0.110. The molecule has 152 valence electrons. The van der Waals surface area contributed by atoms with E-state index in [1.165, 1.54) is 18.4 Å². The molecule has 6 nitrogen and oxygen atoms in total. The standard InChI is InChI=1S/C21H22FN3O3S/c1-14(24-13-26)20-19(15-6-4-3-5-7-15)21(23-10-11-29(2,27)28)17-12-16(22)8-9-18(17)25-20/h3-9,12-14H,10-11H2,1-2H3,(H,23,25)(H,24,26). The van der Waals surface area contributed by atoms with Crippen molar-refractivity contribution >= 4 is 32.8 Å². The Morgan fingerprint density at radius 1 is 1.17 bits per heavy atom. The fraction of sp³-hybridized carbons (Fsp3) is 0.238. The number of fused-ring (bicyclic) bond motifs is 1. The van der Waals surface area contributed by atoms with E-state index >= 15 is 0 Å². The van der Waals surface area contributed by atoms with Crippen molar-refractivity contribution in [2.45, 2.75) is 13.0 Å². The highest BCUT2D eigenvalue weighted by molar-refractivity contribution is 7.90. The Bertz CT molecular complexity index is 1130. The summed E-state index contributed by atoms with van der Waals surface area (Å²) in [6, 6.07) is 13.2. The zero-order valence-electron chi connectivity index (χ0n) is 16.1. The maximum Gasteiger partial charge on any atom is 0.207 e. The van der Waals surface area contributed by atoms with Crippen LogP contribution in [0.3, 0.4) is 0 Å². The van der Waals surface area contributed by atoms with Crippen molar-refractivity contribution in [2.75, 3.05) is 23.9 Å². The fourth-order valence-corrected chi connectivity index (χ4v) is 3.66. The van der Waals surface area contributed by atoms with Gasteiger partial charge in [0.15, 0.2) is 0 Å². The first kappa shape index (κ1) is 20.7. The second-order valence-corrected chi connectivity index (χ2v) is 9.10. The number of pyridine rings is 1. The molecule has 0 radical (unpaired) electrons. The van der Waals surface area contributed by atoms with Gasteiger partial charge in [0.25, 0.3) is 0 Å². The van der Waals surface area contributed by atoms with Gasteiger partial charge in [0.2, 0.25) is 6.41 Å². The molecule has 2 aromatic carbocycles. The van der Waals surface area contributed by atoms with Crippen molar-refractivity contribution in [3.8, 4) is 11.1 Å². The molecule has 1 aromatic heterocycles. The number of carbonyl (C=O) groups is 1. The van der Waals surface area contributed by atoms with E-state index in [1.807, 2.05) is 30.3 Å². The number of carbonyl (C=O) groups excluding carboxylic acids is 1. The third-order valence-electron chi connectivity index (χ3n) is 4.54. The van der Waals surface area contributed by atoms with Crippen LogP contribution in [0.2, 0.25) is 0 Å². The van der Waals surface area contributed by atoms with Gasteiger partial charge >= 0.3 is 0 Å². The minimum absolute atomic E-state index is 0.0716. The van der Waals surface area contributed by atoms with Gasteiger partial charge in [-0.25, -0.2) is 17.8 Å². The number of halogens is 1. The predicted molar refractivity (Wildman–Crippen MR) is 113 cm³/mol. The number of nitrogens with one attached hydrogen (secondary N) is 2. The molecular weight excluding hydrogens is 393 g/mol. The molecule has 0 saturated heterocycles. The van der Waals surface area contributed by atoms with Crippen LogP contribution in [-0.2, 0) is 14.6 Å². The number of hydrogen-bond acceptors (Lipinski definition) is 5. The van der Waals surface area contributed by atoms with Gasteiger partial charge in [-0.2, -0.15) is 0 Å². The quantitative estimate of drug-likeness (QED) is 0.551. The monoisotopic (exact) mass is 415 g/mol. The van der Waals surface area contributed by atoms with Crippen LogP contribution in [0.4, 0.5) is 10.1 Å². The van der Waals surface area contributed by atoms with Crippen LogP contribution in [0.5, 0.6) is 0 Å². The lowest BCUT2D eigenvalue weighted by Crippen LogP contribution is -2.20. The smallest absolute Gasteiger partial charge is 0.207 e. The topological polar surface area (TPSA) is 88.2 Å². The van der Waals surface area contributed by atoms with Crippen molar-refractivity contribution in [3.05, 3.63) is 60.0 Å². The number of sulfone groups is 1. The summed E-state index contributed by atoms with van der Waals surface area (Å²) in [5, 5.41) is 6.43. The van der Waals surface area contributed by atoms with E-state index in [9.17, 15) is 17.6 Å².